The number of hydrogen-bond acceptors (Lipinski definition) is 5. The van der Waals surface area contributed by atoms with Gasteiger partial charge in [0, 0.05) is 35.2 Å². The minimum Gasteiger partial charge on any atom is -0.396 e. The van der Waals surface area contributed by atoms with Crippen LogP contribution in [0.4, 0.5) is 5.69 Å². The monoisotopic (exact) mass is 541 g/mol. The van der Waals surface area contributed by atoms with Crippen LogP contribution in [0, 0.1) is 11.8 Å². The summed E-state index contributed by atoms with van der Waals surface area (Å²) in [5.74, 6) is -2.17. The standard InChI is InChI=1S/C23H29BrClN3O5/c1-2-9-26-20(30)16-17-22(32)28(10-3-4-11-29)19(23(17)12-15(24)18(16)33-23)21(31)27-14-7-5-13(25)6-8-14/h5-8,15-19,29H,2-4,9-12H2,1H3,(H,26,30)(H,27,31)/t15?,16-,17-,18-,19?,23?/m0/s1. The molecule has 1 aromatic rings. The maximum absolute atomic E-state index is 13.7. The number of aliphatic hydroxyl groups is 1. The molecule has 3 heterocycles. The van der Waals surface area contributed by atoms with Crippen molar-refractivity contribution >= 4 is 50.9 Å². The van der Waals surface area contributed by atoms with Crippen LogP contribution < -0.4 is 10.6 Å². The van der Waals surface area contributed by atoms with Gasteiger partial charge in [-0.05, 0) is 49.9 Å². The predicted octanol–water partition coefficient (Wildman–Crippen LogP) is 2.33. The molecule has 4 rings (SSSR count). The number of alkyl halides is 1. The fraction of sp³-hybridized carbons (Fsp3) is 0.609. The summed E-state index contributed by atoms with van der Waals surface area (Å²) in [7, 11) is 0. The molecule has 6 atom stereocenters. The molecular formula is C23H29BrClN3O5. The summed E-state index contributed by atoms with van der Waals surface area (Å²) in [5.41, 5.74) is -0.521. The molecule has 3 amide bonds. The molecule has 180 valence electrons. The molecule has 3 unspecified atom stereocenters. The van der Waals surface area contributed by atoms with E-state index in [4.69, 9.17) is 16.3 Å². The zero-order valence-corrected chi connectivity index (χ0v) is 20.8. The van der Waals surface area contributed by atoms with Gasteiger partial charge in [-0.1, -0.05) is 34.5 Å². The van der Waals surface area contributed by atoms with Crippen LogP contribution in [0.25, 0.3) is 0 Å². The van der Waals surface area contributed by atoms with Gasteiger partial charge in [-0.3, -0.25) is 14.4 Å². The number of carbonyl (C=O) groups is 3. The highest BCUT2D eigenvalue weighted by molar-refractivity contribution is 9.09. The first-order valence-corrected chi connectivity index (χ1v) is 12.7. The van der Waals surface area contributed by atoms with Crippen LogP contribution in [-0.4, -0.2) is 70.0 Å². The van der Waals surface area contributed by atoms with Crippen LogP contribution in [0.2, 0.25) is 5.02 Å². The first-order valence-electron chi connectivity index (χ1n) is 11.4. The third-order valence-corrected chi connectivity index (χ3v) is 7.91. The van der Waals surface area contributed by atoms with Crippen molar-refractivity contribution in [3.63, 3.8) is 0 Å². The number of amides is 3. The first kappa shape index (κ1) is 24.4. The summed E-state index contributed by atoms with van der Waals surface area (Å²) < 4.78 is 6.41. The Bertz CT molecular complexity index is 916. The Labute approximate surface area is 206 Å². The van der Waals surface area contributed by atoms with Crippen molar-refractivity contribution in [2.75, 3.05) is 25.0 Å². The zero-order chi connectivity index (χ0) is 23.8. The van der Waals surface area contributed by atoms with Gasteiger partial charge >= 0.3 is 0 Å². The molecule has 1 spiro atoms. The van der Waals surface area contributed by atoms with Crippen LogP contribution in [0.1, 0.15) is 32.6 Å². The second-order valence-electron chi connectivity index (χ2n) is 8.91. The normalized spacial score (nSPS) is 32.2. The second-order valence-corrected chi connectivity index (χ2v) is 10.5. The largest absolute Gasteiger partial charge is 0.396 e. The van der Waals surface area contributed by atoms with Gasteiger partial charge in [0.2, 0.25) is 17.7 Å². The summed E-state index contributed by atoms with van der Waals surface area (Å²) in [6.07, 6.45) is 1.83. The fourth-order valence-electron chi connectivity index (χ4n) is 5.47. The molecule has 3 N–H and O–H groups in total. The number of benzene rings is 1. The average molecular weight is 543 g/mol. The first-order chi connectivity index (χ1) is 15.8. The van der Waals surface area contributed by atoms with Gasteiger partial charge in [0.25, 0.3) is 0 Å². The number of nitrogens with zero attached hydrogens (tertiary/aromatic N) is 1. The van der Waals surface area contributed by atoms with Gasteiger partial charge in [-0.15, -0.1) is 0 Å². The van der Waals surface area contributed by atoms with Crippen LogP contribution in [0.15, 0.2) is 24.3 Å². The summed E-state index contributed by atoms with van der Waals surface area (Å²) >= 11 is 9.60. The lowest BCUT2D eigenvalue weighted by Gasteiger charge is -2.34. The molecule has 0 saturated carbocycles. The van der Waals surface area contributed by atoms with E-state index < -0.39 is 29.6 Å². The van der Waals surface area contributed by atoms with Crippen molar-refractivity contribution in [3.8, 4) is 0 Å². The number of fused-ring (bicyclic) bond motifs is 1. The summed E-state index contributed by atoms with van der Waals surface area (Å²) in [4.78, 5) is 41.7. The molecule has 3 saturated heterocycles. The maximum Gasteiger partial charge on any atom is 0.250 e. The van der Waals surface area contributed by atoms with Crippen LogP contribution in [0.3, 0.4) is 0 Å². The zero-order valence-electron chi connectivity index (χ0n) is 18.4. The fourth-order valence-corrected chi connectivity index (χ4v) is 6.54. The number of halogens is 2. The lowest BCUT2D eigenvalue weighted by Crippen LogP contribution is -2.54. The van der Waals surface area contributed by atoms with E-state index in [1.54, 1.807) is 29.2 Å². The number of aliphatic hydroxyl groups excluding tert-OH is 1. The van der Waals surface area contributed by atoms with E-state index in [9.17, 15) is 19.5 Å². The van der Waals surface area contributed by atoms with Gasteiger partial charge in [-0.2, -0.15) is 0 Å². The Hall–Kier alpha value is -1.68. The highest BCUT2D eigenvalue weighted by atomic mass is 79.9. The molecule has 0 aliphatic carbocycles. The molecule has 3 aliphatic heterocycles. The predicted molar refractivity (Wildman–Crippen MR) is 127 cm³/mol. The van der Waals surface area contributed by atoms with Crippen molar-refractivity contribution in [2.24, 2.45) is 11.8 Å². The molecule has 3 aliphatic rings. The Balaban J connectivity index is 1.67. The topological polar surface area (TPSA) is 108 Å². The molecule has 33 heavy (non-hydrogen) atoms. The number of nitrogens with one attached hydrogen (secondary N) is 2. The number of hydrogen-bond donors (Lipinski definition) is 3. The molecule has 3 fully saturated rings. The lowest BCUT2D eigenvalue weighted by atomic mass is 9.70. The number of unbranched alkanes of at least 4 members (excludes halogenated alkanes) is 1. The van der Waals surface area contributed by atoms with E-state index in [1.807, 2.05) is 6.92 Å². The molecule has 0 aromatic heterocycles. The van der Waals surface area contributed by atoms with Crippen molar-refractivity contribution in [2.45, 2.75) is 55.2 Å². The highest BCUT2D eigenvalue weighted by Gasteiger charge is 2.76. The quantitative estimate of drug-likeness (QED) is 0.328. The number of anilines is 1. The van der Waals surface area contributed by atoms with Crippen molar-refractivity contribution < 1.29 is 24.2 Å². The number of rotatable bonds is 9. The minimum absolute atomic E-state index is 0.00232. The van der Waals surface area contributed by atoms with Gasteiger partial charge < -0.3 is 25.4 Å². The third-order valence-electron chi connectivity index (χ3n) is 6.81. The van der Waals surface area contributed by atoms with Crippen LogP contribution >= 0.6 is 27.5 Å². The van der Waals surface area contributed by atoms with Gasteiger partial charge in [-0.25, -0.2) is 0 Å². The minimum atomic E-state index is -1.08. The van der Waals surface area contributed by atoms with E-state index in [0.717, 1.165) is 6.42 Å². The number of likely N-dealkylation sites (tertiary alicyclic amines) is 1. The number of ether oxygens (including phenoxy) is 1. The summed E-state index contributed by atoms with van der Waals surface area (Å²) in [6, 6.07) is 5.88. The van der Waals surface area contributed by atoms with E-state index in [2.05, 4.69) is 26.6 Å². The maximum atomic E-state index is 13.7. The van der Waals surface area contributed by atoms with Crippen molar-refractivity contribution in [3.05, 3.63) is 29.3 Å². The molecule has 0 radical (unpaired) electrons. The Kier molecular flexibility index (Phi) is 7.33. The Morgan fingerprint density at radius 2 is 2.00 bits per heavy atom. The van der Waals surface area contributed by atoms with Gasteiger partial charge in [0.1, 0.15) is 11.6 Å². The van der Waals surface area contributed by atoms with Gasteiger partial charge in [0.05, 0.1) is 17.9 Å². The van der Waals surface area contributed by atoms with Crippen LogP contribution in [-0.2, 0) is 19.1 Å². The van der Waals surface area contributed by atoms with E-state index >= 15 is 0 Å². The van der Waals surface area contributed by atoms with E-state index in [1.165, 1.54) is 0 Å². The van der Waals surface area contributed by atoms with E-state index in [-0.39, 0.29) is 29.2 Å². The van der Waals surface area contributed by atoms with Crippen molar-refractivity contribution in [1.29, 1.82) is 0 Å². The molecule has 10 heteroatoms. The van der Waals surface area contributed by atoms with Crippen LogP contribution in [0.5, 0.6) is 0 Å². The Morgan fingerprint density at radius 1 is 1.27 bits per heavy atom. The SMILES string of the molecule is CCCNC(=O)[C@H]1[C@H]2C(=O)N(CCCCO)C(C(=O)Nc3ccc(Cl)cc3)C23CC(Br)[C@@H]1O3. The Morgan fingerprint density at radius 3 is 2.67 bits per heavy atom. The third kappa shape index (κ3) is 4.29. The summed E-state index contributed by atoms with van der Waals surface area (Å²) in [6.45, 7) is 2.79. The molecule has 1 aromatic carbocycles. The van der Waals surface area contributed by atoms with Gasteiger partial charge in [0.15, 0.2) is 0 Å². The molecule has 2 bridgehead atoms. The van der Waals surface area contributed by atoms with Crippen molar-refractivity contribution in [1.82, 2.24) is 10.2 Å². The summed E-state index contributed by atoms with van der Waals surface area (Å²) in [5, 5.41) is 15.6. The second kappa shape index (κ2) is 9.90. The smallest absolute Gasteiger partial charge is 0.250 e. The lowest BCUT2D eigenvalue weighted by molar-refractivity contribution is -0.140. The average Bonchev–Trinajstić information content (AvgIpc) is 3.37. The molecule has 8 nitrogen and oxygen atoms in total. The highest BCUT2D eigenvalue weighted by Crippen LogP contribution is 2.60. The molecular weight excluding hydrogens is 514 g/mol. The number of carbonyl (C=O) groups excluding carboxylic acids is 3. The van der Waals surface area contributed by atoms with E-state index in [0.29, 0.717) is 43.1 Å².